The van der Waals surface area contributed by atoms with Gasteiger partial charge >= 0.3 is 5.97 Å². The first-order valence-electron chi connectivity index (χ1n) is 7.95. The minimum Gasteiger partial charge on any atom is -0.480 e. The Morgan fingerprint density at radius 3 is 2.65 bits per heavy atom. The number of amides is 1. The Balaban J connectivity index is 1.82. The number of rotatable bonds is 5. The van der Waals surface area contributed by atoms with E-state index in [1.54, 1.807) is 30.3 Å². The second kappa shape index (κ2) is 7.45. The normalized spacial score (nSPS) is 11.5. The zero-order chi connectivity index (χ0) is 18.5. The van der Waals surface area contributed by atoms with Crippen molar-refractivity contribution in [2.24, 2.45) is 0 Å². The number of carbonyl (C=O) groups excluding carboxylic acids is 1. The first kappa shape index (κ1) is 17.1. The van der Waals surface area contributed by atoms with Gasteiger partial charge in [0, 0.05) is 18.0 Å². The van der Waals surface area contributed by atoms with Crippen molar-refractivity contribution in [3.05, 3.63) is 77.5 Å². The van der Waals surface area contributed by atoms with Gasteiger partial charge < -0.3 is 10.4 Å². The Kier molecular flexibility index (Phi) is 4.90. The molecule has 3 aromatic rings. The summed E-state index contributed by atoms with van der Waals surface area (Å²) in [4.78, 5) is 28.3. The summed E-state index contributed by atoms with van der Waals surface area (Å²) in [5, 5.41) is 21.9. The van der Waals surface area contributed by atoms with Crippen LogP contribution in [0.2, 0.25) is 0 Å². The minimum atomic E-state index is -1.17. The fourth-order valence-electron chi connectivity index (χ4n) is 2.66. The summed E-state index contributed by atoms with van der Waals surface area (Å²) in [7, 11) is 0. The number of fused-ring (bicyclic) bond motifs is 1. The Morgan fingerprint density at radius 1 is 1.15 bits per heavy atom. The molecular weight excluding hydrogens is 330 g/mol. The number of hydrogen-bond donors (Lipinski definition) is 2. The van der Waals surface area contributed by atoms with Gasteiger partial charge in [0.2, 0.25) is 0 Å². The van der Waals surface area contributed by atoms with E-state index in [9.17, 15) is 14.7 Å². The molecule has 0 bridgehead atoms. The summed E-state index contributed by atoms with van der Waals surface area (Å²) in [6.07, 6.45) is 1.44. The van der Waals surface area contributed by atoms with E-state index in [-0.39, 0.29) is 12.0 Å². The molecule has 0 fully saturated rings. The van der Waals surface area contributed by atoms with Crippen LogP contribution in [0.1, 0.15) is 21.5 Å². The van der Waals surface area contributed by atoms with E-state index in [2.05, 4.69) is 10.3 Å². The highest BCUT2D eigenvalue weighted by molar-refractivity contribution is 5.99. The van der Waals surface area contributed by atoms with Crippen LogP contribution in [0.5, 0.6) is 0 Å². The number of benzene rings is 2. The maximum atomic E-state index is 12.5. The van der Waals surface area contributed by atoms with Crippen molar-refractivity contribution >= 4 is 22.8 Å². The van der Waals surface area contributed by atoms with Gasteiger partial charge in [-0.25, -0.2) is 4.79 Å². The minimum absolute atomic E-state index is 0.0197. The average molecular weight is 345 g/mol. The topological polar surface area (TPSA) is 103 Å². The van der Waals surface area contributed by atoms with Crippen molar-refractivity contribution in [3.8, 4) is 6.07 Å². The maximum Gasteiger partial charge on any atom is 0.326 e. The predicted octanol–water partition coefficient (Wildman–Crippen LogP) is 2.53. The molecule has 0 spiro atoms. The van der Waals surface area contributed by atoms with Crippen molar-refractivity contribution < 1.29 is 14.7 Å². The molecule has 2 N–H and O–H groups in total. The monoisotopic (exact) mass is 345 g/mol. The van der Waals surface area contributed by atoms with Crippen LogP contribution in [-0.2, 0) is 11.2 Å². The summed E-state index contributed by atoms with van der Waals surface area (Å²) in [6, 6.07) is 16.6. The van der Waals surface area contributed by atoms with Crippen molar-refractivity contribution in [2.45, 2.75) is 12.5 Å². The number of pyridine rings is 1. The highest BCUT2D eigenvalue weighted by atomic mass is 16.4. The van der Waals surface area contributed by atoms with Gasteiger partial charge in [-0.1, -0.05) is 36.4 Å². The molecule has 1 heterocycles. The number of nitrogens with zero attached hydrogens (tertiary/aromatic N) is 2. The molecule has 0 aliphatic carbocycles. The fourth-order valence-corrected chi connectivity index (χ4v) is 2.66. The first-order valence-corrected chi connectivity index (χ1v) is 7.95. The number of carbonyl (C=O) groups is 2. The molecule has 0 saturated heterocycles. The molecule has 26 heavy (non-hydrogen) atoms. The van der Waals surface area contributed by atoms with Crippen LogP contribution in [0.15, 0.2) is 60.8 Å². The lowest BCUT2D eigenvalue weighted by atomic mass is 10.0. The van der Waals surface area contributed by atoms with Crippen LogP contribution in [-0.4, -0.2) is 28.0 Å². The predicted molar refractivity (Wildman–Crippen MR) is 95.5 cm³/mol. The molecule has 0 radical (unpaired) electrons. The molecule has 0 saturated carbocycles. The number of carboxylic acids is 1. The smallest absolute Gasteiger partial charge is 0.326 e. The van der Waals surface area contributed by atoms with Crippen LogP contribution < -0.4 is 5.32 Å². The largest absolute Gasteiger partial charge is 0.480 e. The summed E-state index contributed by atoms with van der Waals surface area (Å²) in [6.45, 7) is 0. The Morgan fingerprint density at radius 2 is 1.88 bits per heavy atom. The molecule has 1 atom stereocenters. The molecule has 2 aromatic carbocycles. The number of aromatic nitrogens is 1. The van der Waals surface area contributed by atoms with E-state index >= 15 is 0 Å². The van der Waals surface area contributed by atoms with Gasteiger partial charge in [-0.05, 0) is 23.8 Å². The SMILES string of the molecule is N#Cc1ccccc1C[C@H](NC(=O)c1cnc2ccccc2c1)C(=O)O. The number of para-hydroxylation sites is 1. The summed E-state index contributed by atoms with van der Waals surface area (Å²) in [5.74, 6) is -1.69. The summed E-state index contributed by atoms with van der Waals surface area (Å²) in [5.41, 5.74) is 1.99. The molecule has 128 valence electrons. The second-order valence-electron chi connectivity index (χ2n) is 5.75. The molecule has 0 aliphatic rings. The highest BCUT2D eigenvalue weighted by Crippen LogP contribution is 2.14. The van der Waals surface area contributed by atoms with Gasteiger partial charge in [0.15, 0.2) is 0 Å². The fraction of sp³-hybridized carbons (Fsp3) is 0.100. The van der Waals surface area contributed by atoms with Crippen molar-refractivity contribution in [1.29, 1.82) is 5.26 Å². The molecule has 1 aromatic heterocycles. The maximum absolute atomic E-state index is 12.5. The lowest BCUT2D eigenvalue weighted by Crippen LogP contribution is -2.42. The summed E-state index contributed by atoms with van der Waals surface area (Å²) < 4.78 is 0. The lowest BCUT2D eigenvalue weighted by molar-refractivity contribution is -0.139. The van der Waals surface area contributed by atoms with E-state index in [4.69, 9.17) is 5.26 Å². The molecule has 6 nitrogen and oxygen atoms in total. The van der Waals surface area contributed by atoms with Gasteiger partial charge in [0.25, 0.3) is 5.91 Å². The standard InChI is InChI=1S/C20H15N3O3/c21-11-15-7-2-1-5-13(15)10-18(20(25)26)23-19(24)16-9-14-6-3-4-8-17(14)22-12-16/h1-9,12,18H,10H2,(H,23,24)(H,25,26)/t18-/m0/s1. The van der Waals surface area contributed by atoms with Crippen LogP contribution in [0.4, 0.5) is 0 Å². The number of nitrogens with one attached hydrogen (secondary N) is 1. The van der Waals surface area contributed by atoms with Crippen molar-refractivity contribution in [1.82, 2.24) is 10.3 Å². The van der Waals surface area contributed by atoms with E-state index < -0.39 is 17.9 Å². The molecule has 0 aliphatic heterocycles. The zero-order valence-corrected chi connectivity index (χ0v) is 13.7. The summed E-state index contributed by atoms with van der Waals surface area (Å²) >= 11 is 0. The Labute approximate surface area is 149 Å². The number of nitriles is 1. The first-order chi connectivity index (χ1) is 12.6. The Bertz CT molecular complexity index is 1020. The molecule has 3 rings (SSSR count). The van der Waals surface area contributed by atoms with Gasteiger partial charge in [-0.2, -0.15) is 5.26 Å². The van der Waals surface area contributed by atoms with Crippen molar-refractivity contribution in [2.75, 3.05) is 0 Å². The van der Waals surface area contributed by atoms with E-state index in [0.29, 0.717) is 11.1 Å². The van der Waals surface area contributed by atoms with Gasteiger partial charge in [-0.3, -0.25) is 9.78 Å². The molecule has 1 amide bonds. The second-order valence-corrected chi connectivity index (χ2v) is 5.75. The van der Waals surface area contributed by atoms with Gasteiger partial charge in [0.1, 0.15) is 6.04 Å². The number of carboxylic acid groups (broad SMARTS) is 1. The quantitative estimate of drug-likeness (QED) is 0.739. The van der Waals surface area contributed by atoms with E-state index in [1.165, 1.54) is 6.20 Å². The van der Waals surface area contributed by atoms with Crippen LogP contribution in [0.3, 0.4) is 0 Å². The Hall–Kier alpha value is -3.72. The van der Waals surface area contributed by atoms with Crippen LogP contribution in [0.25, 0.3) is 10.9 Å². The average Bonchev–Trinajstić information content (AvgIpc) is 2.67. The van der Waals surface area contributed by atoms with Crippen LogP contribution in [0, 0.1) is 11.3 Å². The van der Waals surface area contributed by atoms with Gasteiger partial charge in [-0.15, -0.1) is 0 Å². The zero-order valence-electron chi connectivity index (χ0n) is 13.7. The molecule has 0 unspecified atom stereocenters. The van der Waals surface area contributed by atoms with E-state index in [1.807, 2.05) is 30.3 Å². The highest BCUT2D eigenvalue weighted by Gasteiger charge is 2.22. The number of aliphatic carboxylic acids is 1. The van der Waals surface area contributed by atoms with Gasteiger partial charge in [0.05, 0.1) is 22.7 Å². The van der Waals surface area contributed by atoms with Crippen LogP contribution >= 0.6 is 0 Å². The molecule has 6 heteroatoms. The third-order valence-electron chi connectivity index (χ3n) is 4.02. The molecular formula is C20H15N3O3. The van der Waals surface area contributed by atoms with E-state index in [0.717, 1.165) is 10.9 Å². The number of hydrogen-bond acceptors (Lipinski definition) is 4. The third-order valence-corrected chi connectivity index (χ3v) is 4.02. The lowest BCUT2D eigenvalue weighted by Gasteiger charge is -2.15. The third kappa shape index (κ3) is 3.68. The van der Waals surface area contributed by atoms with Crippen molar-refractivity contribution in [3.63, 3.8) is 0 Å².